The molecule has 94 valence electrons. The summed E-state index contributed by atoms with van der Waals surface area (Å²) in [5.74, 6) is -0.105. The van der Waals surface area contributed by atoms with Crippen LogP contribution in [0.4, 0.5) is 5.69 Å². The minimum Gasteiger partial charge on any atom is -0.325 e. The lowest BCUT2D eigenvalue weighted by Crippen LogP contribution is -2.19. The van der Waals surface area contributed by atoms with E-state index in [9.17, 15) is 4.79 Å². The van der Waals surface area contributed by atoms with Crippen molar-refractivity contribution in [3.63, 3.8) is 0 Å². The Morgan fingerprint density at radius 2 is 2.00 bits per heavy atom. The van der Waals surface area contributed by atoms with Crippen LogP contribution in [0, 0.1) is 13.8 Å². The zero-order chi connectivity index (χ0) is 13.1. The molecule has 1 unspecified atom stereocenters. The Morgan fingerprint density at radius 3 is 2.56 bits per heavy atom. The number of carbonyl (C=O) groups excluding carboxylic acids is 1. The number of aryl methyl sites for hydroxylation is 2. The smallest absolute Gasteiger partial charge is 0.232 e. The van der Waals surface area contributed by atoms with Gasteiger partial charge in [0.2, 0.25) is 5.91 Å². The number of rotatable bonds is 3. The molecule has 3 nitrogen and oxygen atoms in total. The number of pyridine rings is 1. The van der Waals surface area contributed by atoms with Crippen LogP contribution in [0.3, 0.4) is 0 Å². The van der Waals surface area contributed by atoms with E-state index in [1.54, 1.807) is 23.7 Å². The minimum atomic E-state index is -0.128. The minimum absolute atomic E-state index is 0.0230. The lowest BCUT2D eigenvalue weighted by Gasteiger charge is -2.14. The van der Waals surface area contributed by atoms with Gasteiger partial charge in [0.1, 0.15) is 0 Å². The highest BCUT2D eigenvalue weighted by atomic mass is 32.1. The summed E-state index contributed by atoms with van der Waals surface area (Å²) >= 11 is 1.61. The van der Waals surface area contributed by atoms with Gasteiger partial charge < -0.3 is 5.32 Å². The summed E-state index contributed by atoms with van der Waals surface area (Å²) in [4.78, 5) is 17.4. The topological polar surface area (TPSA) is 42.0 Å². The molecule has 2 rings (SSSR count). The van der Waals surface area contributed by atoms with E-state index in [2.05, 4.69) is 10.3 Å². The zero-order valence-electron chi connectivity index (χ0n) is 10.7. The molecule has 1 atom stereocenters. The van der Waals surface area contributed by atoms with Crippen LogP contribution in [0.5, 0.6) is 0 Å². The number of carbonyl (C=O) groups is 1. The zero-order valence-corrected chi connectivity index (χ0v) is 11.5. The number of nitrogens with zero attached hydrogens (tertiary/aromatic N) is 1. The van der Waals surface area contributed by atoms with E-state index in [-0.39, 0.29) is 11.8 Å². The summed E-state index contributed by atoms with van der Waals surface area (Å²) in [6.07, 6.45) is 3.52. The summed E-state index contributed by atoms with van der Waals surface area (Å²) in [7, 11) is 0. The van der Waals surface area contributed by atoms with Crippen LogP contribution in [0.1, 0.15) is 28.8 Å². The molecule has 4 heteroatoms. The lowest BCUT2D eigenvalue weighted by atomic mass is 10.1. The van der Waals surface area contributed by atoms with E-state index >= 15 is 0 Å². The maximum absolute atomic E-state index is 12.2. The largest absolute Gasteiger partial charge is 0.325 e. The van der Waals surface area contributed by atoms with E-state index in [4.69, 9.17) is 0 Å². The third kappa shape index (κ3) is 2.59. The van der Waals surface area contributed by atoms with E-state index < -0.39 is 0 Å². The van der Waals surface area contributed by atoms with Gasteiger partial charge in [-0.1, -0.05) is 6.07 Å². The Balaban J connectivity index is 2.17. The molecule has 0 aliphatic rings. The monoisotopic (exact) mass is 260 g/mol. The SMILES string of the molecule is Cc1cncc(C)c1NC(=O)C(C)c1cccs1. The van der Waals surface area contributed by atoms with Crippen LogP contribution in [-0.2, 0) is 4.79 Å². The van der Waals surface area contributed by atoms with Crippen molar-refractivity contribution in [3.8, 4) is 0 Å². The fourth-order valence-corrected chi connectivity index (χ4v) is 2.58. The molecule has 1 amide bonds. The molecule has 0 aromatic carbocycles. The van der Waals surface area contributed by atoms with E-state index in [1.165, 1.54) is 0 Å². The van der Waals surface area contributed by atoms with Gasteiger partial charge >= 0.3 is 0 Å². The van der Waals surface area contributed by atoms with Gasteiger partial charge in [0.05, 0.1) is 5.92 Å². The molecule has 2 heterocycles. The molecule has 2 aromatic rings. The molecule has 18 heavy (non-hydrogen) atoms. The van der Waals surface area contributed by atoms with Crippen LogP contribution < -0.4 is 5.32 Å². The number of amides is 1. The van der Waals surface area contributed by atoms with Gasteiger partial charge in [0.15, 0.2) is 0 Å². The van der Waals surface area contributed by atoms with Gasteiger partial charge in [0, 0.05) is 23.0 Å². The maximum Gasteiger partial charge on any atom is 0.232 e. The molecule has 0 aliphatic carbocycles. The van der Waals surface area contributed by atoms with E-state index in [0.29, 0.717) is 0 Å². The van der Waals surface area contributed by atoms with E-state index in [1.807, 2.05) is 38.3 Å². The van der Waals surface area contributed by atoms with Crippen molar-refractivity contribution in [1.82, 2.24) is 4.98 Å². The Labute approximate surface area is 111 Å². The number of aromatic nitrogens is 1. The second-order valence-electron chi connectivity index (χ2n) is 4.37. The summed E-state index contributed by atoms with van der Waals surface area (Å²) < 4.78 is 0. The second-order valence-corrected chi connectivity index (χ2v) is 5.35. The van der Waals surface area contributed by atoms with Gasteiger partial charge in [-0.15, -0.1) is 11.3 Å². The molecule has 2 aromatic heterocycles. The van der Waals surface area contributed by atoms with Crippen LogP contribution >= 0.6 is 11.3 Å². The first kappa shape index (κ1) is 12.8. The number of hydrogen-bond acceptors (Lipinski definition) is 3. The fourth-order valence-electron chi connectivity index (χ4n) is 1.80. The van der Waals surface area contributed by atoms with Gasteiger partial charge in [-0.25, -0.2) is 0 Å². The number of thiophene rings is 1. The first-order valence-corrected chi connectivity index (χ1v) is 6.73. The first-order valence-electron chi connectivity index (χ1n) is 5.85. The first-order chi connectivity index (χ1) is 8.59. The molecule has 0 saturated carbocycles. The second kappa shape index (κ2) is 5.31. The average Bonchev–Trinajstić information content (AvgIpc) is 2.86. The van der Waals surface area contributed by atoms with E-state index in [0.717, 1.165) is 21.7 Å². The van der Waals surface area contributed by atoms with Crippen molar-refractivity contribution in [3.05, 3.63) is 45.9 Å². The van der Waals surface area contributed by atoms with Gasteiger partial charge in [-0.3, -0.25) is 9.78 Å². The quantitative estimate of drug-likeness (QED) is 0.917. The van der Waals surface area contributed by atoms with Crippen LogP contribution in [0.2, 0.25) is 0 Å². The lowest BCUT2D eigenvalue weighted by molar-refractivity contribution is -0.117. The Hall–Kier alpha value is -1.68. The molecule has 0 bridgehead atoms. The third-order valence-electron chi connectivity index (χ3n) is 2.94. The van der Waals surface area contributed by atoms with Crippen LogP contribution in [0.25, 0.3) is 0 Å². The van der Waals surface area contributed by atoms with Gasteiger partial charge in [-0.2, -0.15) is 0 Å². The molecule has 0 saturated heterocycles. The Morgan fingerprint density at radius 1 is 1.33 bits per heavy atom. The average molecular weight is 260 g/mol. The van der Waals surface area contributed by atoms with Crippen molar-refractivity contribution in [2.75, 3.05) is 5.32 Å². The summed E-state index contributed by atoms with van der Waals surface area (Å²) in [6.45, 7) is 5.82. The van der Waals surface area contributed by atoms with Crippen LogP contribution in [0.15, 0.2) is 29.9 Å². The van der Waals surface area contributed by atoms with Gasteiger partial charge in [0.25, 0.3) is 0 Å². The predicted molar refractivity (Wildman–Crippen MR) is 75.1 cm³/mol. The Kier molecular flexibility index (Phi) is 3.77. The number of hydrogen-bond donors (Lipinski definition) is 1. The highest BCUT2D eigenvalue weighted by Crippen LogP contribution is 2.24. The summed E-state index contributed by atoms with van der Waals surface area (Å²) in [5, 5.41) is 4.98. The standard InChI is InChI=1S/C14H16N2OS/c1-9-7-15-8-10(2)13(9)16-14(17)11(3)12-5-4-6-18-12/h4-8,11H,1-3H3,(H,15,16,17). The molecule has 1 N–H and O–H groups in total. The number of anilines is 1. The molecule has 0 spiro atoms. The van der Waals surface area contributed by atoms with Crippen molar-refractivity contribution < 1.29 is 4.79 Å². The van der Waals surface area contributed by atoms with Crippen molar-refractivity contribution >= 4 is 22.9 Å². The predicted octanol–water partition coefficient (Wildman–Crippen LogP) is 3.50. The normalized spacial score (nSPS) is 12.2. The Bertz CT molecular complexity index is 529. The highest BCUT2D eigenvalue weighted by molar-refractivity contribution is 7.10. The third-order valence-corrected chi connectivity index (χ3v) is 3.99. The fraction of sp³-hybridized carbons (Fsp3) is 0.286. The molecular formula is C14H16N2OS. The summed E-state index contributed by atoms with van der Waals surface area (Å²) in [5.41, 5.74) is 2.85. The molecule has 0 aliphatic heterocycles. The van der Waals surface area contributed by atoms with Crippen molar-refractivity contribution in [2.45, 2.75) is 26.7 Å². The van der Waals surface area contributed by atoms with Crippen molar-refractivity contribution in [2.24, 2.45) is 0 Å². The number of nitrogens with one attached hydrogen (secondary N) is 1. The summed E-state index contributed by atoms with van der Waals surface area (Å²) in [6, 6.07) is 3.95. The highest BCUT2D eigenvalue weighted by Gasteiger charge is 2.17. The molecule has 0 radical (unpaired) electrons. The van der Waals surface area contributed by atoms with Crippen LogP contribution in [-0.4, -0.2) is 10.9 Å². The van der Waals surface area contributed by atoms with Crippen molar-refractivity contribution in [1.29, 1.82) is 0 Å². The van der Waals surface area contributed by atoms with Gasteiger partial charge in [-0.05, 0) is 43.3 Å². The maximum atomic E-state index is 12.2. The molecule has 0 fully saturated rings. The molecular weight excluding hydrogens is 244 g/mol.